The highest BCUT2D eigenvalue weighted by Crippen LogP contribution is 2.72. The van der Waals surface area contributed by atoms with E-state index in [-0.39, 0.29) is 22.8 Å². The molecule has 2 aliphatic carbocycles. The maximum absolute atomic E-state index is 13.1. The highest BCUT2D eigenvalue weighted by molar-refractivity contribution is 5.97. The summed E-state index contributed by atoms with van der Waals surface area (Å²) in [6.07, 6.45) is 1.97. The quantitative estimate of drug-likeness (QED) is 0.872. The number of anilines is 1. The lowest BCUT2D eigenvalue weighted by atomic mass is 9.64. The van der Waals surface area contributed by atoms with Crippen LogP contribution in [0.3, 0.4) is 0 Å². The molecule has 2 bridgehead atoms. The topological polar surface area (TPSA) is 49.3 Å². The van der Waals surface area contributed by atoms with E-state index in [9.17, 15) is 9.90 Å². The van der Waals surface area contributed by atoms with E-state index >= 15 is 0 Å². The SMILES string of the molecule is Cc1ccc(NC(=O)[C@@]23CC[C@@](C)([C@@H](O)C2)C3(C)C)cc1C. The van der Waals surface area contributed by atoms with Gasteiger partial charge in [0.2, 0.25) is 5.91 Å². The number of benzene rings is 1. The number of hydrogen-bond donors (Lipinski definition) is 2. The molecule has 22 heavy (non-hydrogen) atoms. The molecule has 1 amide bonds. The van der Waals surface area contributed by atoms with Gasteiger partial charge in [0, 0.05) is 5.69 Å². The van der Waals surface area contributed by atoms with Gasteiger partial charge in [-0.15, -0.1) is 0 Å². The van der Waals surface area contributed by atoms with Crippen LogP contribution >= 0.6 is 0 Å². The summed E-state index contributed by atoms with van der Waals surface area (Å²) in [4.78, 5) is 13.1. The molecule has 2 fully saturated rings. The number of aliphatic hydroxyl groups excluding tert-OH is 1. The fourth-order valence-electron chi connectivity index (χ4n) is 4.70. The molecule has 2 aliphatic rings. The van der Waals surface area contributed by atoms with Crippen molar-refractivity contribution < 1.29 is 9.90 Å². The Hall–Kier alpha value is -1.35. The summed E-state index contributed by atoms with van der Waals surface area (Å²) >= 11 is 0. The molecule has 2 N–H and O–H groups in total. The Kier molecular flexibility index (Phi) is 3.23. The number of carbonyl (C=O) groups excluding carboxylic acids is 1. The minimum absolute atomic E-state index is 0.0704. The third kappa shape index (κ3) is 1.75. The molecule has 1 aromatic rings. The zero-order valence-electron chi connectivity index (χ0n) is 14.3. The first-order valence-corrected chi connectivity index (χ1v) is 8.21. The molecule has 3 nitrogen and oxygen atoms in total. The largest absolute Gasteiger partial charge is 0.393 e. The molecular formula is C19H27NO2. The van der Waals surface area contributed by atoms with Crippen molar-refractivity contribution in [3.05, 3.63) is 29.3 Å². The van der Waals surface area contributed by atoms with Crippen LogP contribution in [0.4, 0.5) is 5.69 Å². The van der Waals surface area contributed by atoms with Crippen molar-refractivity contribution in [3.8, 4) is 0 Å². The highest BCUT2D eigenvalue weighted by Gasteiger charge is 2.72. The number of aryl methyl sites for hydroxylation is 2. The average molecular weight is 301 g/mol. The van der Waals surface area contributed by atoms with E-state index in [0.717, 1.165) is 18.5 Å². The Morgan fingerprint density at radius 2 is 1.86 bits per heavy atom. The maximum Gasteiger partial charge on any atom is 0.231 e. The summed E-state index contributed by atoms with van der Waals surface area (Å²) in [5, 5.41) is 13.6. The van der Waals surface area contributed by atoms with Crippen molar-refractivity contribution in [1.82, 2.24) is 0 Å². The van der Waals surface area contributed by atoms with Gasteiger partial charge in [0.25, 0.3) is 0 Å². The summed E-state index contributed by atoms with van der Waals surface area (Å²) in [5.41, 5.74) is 2.45. The van der Waals surface area contributed by atoms with Crippen molar-refractivity contribution >= 4 is 11.6 Å². The first-order chi connectivity index (χ1) is 10.1. The van der Waals surface area contributed by atoms with E-state index < -0.39 is 5.41 Å². The monoisotopic (exact) mass is 301 g/mol. The normalized spacial score (nSPS) is 35.6. The van der Waals surface area contributed by atoms with Crippen LogP contribution in [-0.4, -0.2) is 17.1 Å². The summed E-state index contributed by atoms with van der Waals surface area (Å²) in [7, 11) is 0. The van der Waals surface area contributed by atoms with Crippen LogP contribution in [-0.2, 0) is 4.79 Å². The lowest BCUT2D eigenvalue weighted by Gasteiger charge is -2.40. The first kappa shape index (κ1) is 15.5. The molecule has 0 aromatic heterocycles. The second-order valence-electron chi connectivity index (χ2n) is 8.10. The molecule has 3 atom stereocenters. The first-order valence-electron chi connectivity index (χ1n) is 8.21. The molecule has 3 heteroatoms. The lowest BCUT2D eigenvalue weighted by Crippen LogP contribution is -2.43. The van der Waals surface area contributed by atoms with Crippen molar-refractivity contribution in [3.63, 3.8) is 0 Å². The number of fused-ring (bicyclic) bond motifs is 2. The molecule has 120 valence electrons. The number of rotatable bonds is 2. The predicted octanol–water partition coefficient (Wildman–Crippen LogP) is 3.82. The fourth-order valence-corrected chi connectivity index (χ4v) is 4.70. The minimum atomic E-state index is -0.458. The second kappa shape index (κ2) is 4.58. The summed E-state index contributed by atoms with van der Waals surface area (Å²) in [6.45, 7) is 10.6. The summed E-state index contributed by atoms with van der Waals surface area (Å²) in [5.74, 6) is 0.0704. The number of amides is 1. The Labute approximate surface area is 133 Å². The third-order valence-electron chi connectivity index (χ3n) is 7.17. The van der Waals surface area contributed by atoms with E-state index in [4.69, 9.17) is 0 Å². The van der Waals surface area contributed by atoms with Gasteiger partial charge in [-0.2, -0.15) is 0 Å². The van der Waals surface area contributed by atoms with Crippen LogP contribution in [0, 0.1) is 30.1 Å². The van der Waals surface area contributed by atoms with Crippen molar-refractivity contribution in [2.45, 2.75) is 60.0 Å². The molecule has 0 unspecified atom stereocenters. The van der Waals surface area contributed by atoms with Crippen LogP contribution in [0.15, 0.2) is 18.2 Å². The van der Waals surface area contributed by atoms with Gasteiger partial charge in [0.1, 0.15) is 0 Å². The molecular weight excluding hydrogens is 274 g/mol. The minimum Gasteiger partial charge on any atom is -0.393 e. The molecule has 1 aromatic carbocycles. The van der Waals surface area contributed by atoms with Gasteiger partial charge in [0.15, 0.2) is 0 Å². The molecule has 0 heterocycles. The van der Waals surface area contributed by atoms with E-state index in [0.29, 0.717) is 6.42 Å². The Balaban J connectivity index is 1.91. The standard InChI is InChI=1S/C19H27NO2/c1-12-6-7-14(10-13(12)2)20-16(22)19-9-8-18(5,15(21)11-19)17(19,3)4/h6-7,10,15,21H,8-9,11H2,1-5H3,(H,20,22)/t15-,18-,19+/m0/s1. The molecule has 0 aliphatic heterocycles. The van der Waals surface area contributed by atoms with E-state index in [1.54, 1.807) is 0 Å². The zero-order valence-corrected chi connectivity index (χ0v) is 14.3. The van der Waals surface area contributed by atoms with Crippen molar-refractivity contribution in [2.75, 3.05) is 5.32 Å². The van der Waals surface area contributed by atoms with Crippen molar-refractivity contribution in [1.29, 1.82) is 0 Å². The van der Waals surface area contributed by atoms with Crippen LogP contribution in [0.1, 0.15) is 51.2 Å². The van der Waals surface area contributed by atoms with Gasteiger partial charge in [-0.1, -0.05) is 26.8 Å². The van der Waals surface area contributed by atoms with E-state index in [1.807, 2.05) is 18.2 Å². The van der Waals surface area contributed by atoms with Crippen LogP contribution in [0.25, 0.3) is 0 Å². The number of nitrogens with one attached hydrogen (secondary N) is 1. The molecule has 0 radical (unpaired) electrons. The summed E-state index contributed by atoms with van der Waals surface area (Å²) in [6, 6.07) is 6.02. The van der Waals surface area contributed by atoms with Gasteiger partial charge in [-0.05, 0) is 67.2 Å². The predicted molar refractivity (Wildman–Crippen MR) is 88.7 cm³/mol. The highest BCUT2D eigenvalue weighted by atomic mass is 16.3. The van der Waals surface area contributed by atoms with Gasteiger partial charge >= 0.3 is 0 Å². The Morgan fingerprint density at radius 1 is 1.18 bits per heavy atom. The molecule has 2 saturated carbocycles. The molecule has 0 spiro atoms. The van der Waals surface area contributed by atoms with Crippen LogP contribution in [0.2, 0.25) is 0 Å². The van der Waals surface area contributed by atoms with Crippen molar-refractivity contribution in [2.24, 2.45) is 16.2 Å². The Morgan fingerprint density at radius 3 is 2.36 bits per heavy atom. The van der Waals surface area contributed by atoms with Crippen LogP contribution in [0.5, 0.6) is 0 Å². The third-order valence-corrected chi connectivity index (χ3v) is 7.17. The summed E-state index contributed by atoms with van der Waals surface area (Å²) < 4.78 is 0. The zero-order chi connectivity index (χ0) is 16.3. The van der Waals surface area contributed by atoms with E-state index in [1.165, 1.54) is 11.1 Å². The maximum atomic E-state index is 13.1. The molecule has 0 saturated heterocycles. The average Bonchev–Trinajstić information content (AvgIpc) is 2.73. The number of carbonyl (C=O) groups is 1. The van der Waals surface area contributed by atoms with Crippen LogP contribution < -0.4 is 5.32 Å². The lowest BCUT2D eigenvalue weighted by molar-refractivity contribution is -0.130. The molecule has 3 rings (SSSR count). The van der Waals surface area contributed by atoms with Gasteiger partial charge in [-0.3, -0.25) is 4.79 Å². The fraction of sp³-hybridized carbons (Fsp3) is 0.632. The van der Waals surface area contributed by atoms with E-state index in [2.05, 4.69) is 39.9 Å². The number of hydrogen-bond acceptors (Lipinski definition) is 2. The van der Waals surface area contributed by atoms with Gasteiger partial charge in [-0.25, -0.2) is 0 Å². The number of aliphatic hydroxyl groups is 1. The van der Waals surface area contributed by atoms with Gasteiger partial charge in [0.05, 0.1) is 11.5 Å². The Bertz CT molecular complexity index is 636. The smallest absolute Gasteiger partial charge is 0.231 e. The van der Waals surface area contributed by atoms with Gasteiger partial charge < -0.3 is 10.4 Å². The second-order valence-corrected chi connectivity index (χ2v) is 8.10.